The Morgan fingerprint density at radius 1 is 1.14 bits per heavy atom. The second-order valence-electron chi connectivity index (χ2n) is 4.83. The van der Waals surface area contributed by atoms with E-state index in [4.69, 9.17) is 9.47 Å². The van der Waals surface area contributed by atoms with E-state index in [1.165, 1.54) is 0 Å². The number of fused-ring (bicyclic) bond motifs is 2. The number of ether oxygens (including phenoxy) is 2. The fraction of sp³-hybridized carbons (Fsp3) is 0.125. The molecule has 0 saturated carbocycles. The van der Waals surface area contributed by atoms with Crippen molar-refractivity contribution in [1.82, 2.24) is 9.55 Å². The Balaban J connectivity index is 1.69. The van der Waals surface area contributed by atoms with Crippen LogP contribution in [0.1, 0.15) is 5.56 Å². The molecule has 0 fully saturated rings. The van der Waals surface area contributed by atoms with Crippen molar-refractivity contribution in [2.75, 3.05) is 6.79 Å². The highest BCUT2D eigenvalue weighted by Gasteiger charge is 2.12. The first kappa shape index (κ1) is 12.0. The average Bonchev–Trinajstić information content (AvgIpc) is 3.10. The van der Waals surface area contributed by atoms with Gasteiger partial charge in [-0.05, 0) is 35.9 Å². The van der Waals surface area contributed by atoms with Crippen molar-refractivity contribution >= 4 is 23.2 Å². The van der Waals surface area contributed by atoms with Gasteiger partial charge in [-0.15, -0.1) is 0 Å². The molecule has 0 bridgehead atoms. The highest BCUT2D eigenvalue weighted by molar-refractivity contribution is 5.84. The van der Waals surface area contributed by atoms with E-state index in [0.717, 1.165) is 28.1 Å². The van der Waals surface area contributed by atoms with Crippen LogP contribution < -0.4 is 9.47 Å². The van der Waals surface area contributed by atoms with Gasteiger partial charge in [-0.2, -0.15) is 0 Å². The lowest BCUT2D eigenvalue weighted by Crippen LogP contribution is -1.92. The van der Waals surface area contributed by atoms with E-state index in [0.29, 0.717) is 5.95 Å². The van der Waals surface area contributed by atoms with Crippen molar-refractivity contribution in [3.63, 3.8) is 0 Å². The summed E-state index contributed by atoms with van der Waals surface area (Å²) in [4.78, 5) is 8.98. The average molecular weight is 279 g/mol. The molecule has 0 aliphatic carbocycles. The fourth-order valence-corrected chi connectivity index (χ4v) is 2.37. The minimum atomic E-state index is 0.278. The van der Waals surface area contributed by atoms with Crippen molar-refractivity contribution in [2.45, 2.75) is 0 Å². The van der Waals surface area contributed by atoms with Crippen molar-refractivity contribution in [2.24, 2.45) is 12.0 Å². The zero-order chi connectivity index (χ0) is 14.2. The van der Waals surface area contributed by atoms with Crippen LogP contribution in [0, 0.1) is 0 Å². The maximum absolute atomic E-state index is 5.36. The van der Waals surface area contributed by atoms with Crippen molar-refractivity contribution in [1.29, 1.82) is 0 Å². The van der Waals surface area contributed by atoms with Crippen LogP contribution in [0.5, 0.6) is 11.5 Å². The van der Waals surface area contributed by atoms with Crippen molar-refractivity contribution < 1.29 is 9.47 Å². The lowest BCUT2D eigenvalue weighted by Gasteiger charge is -1.98. The molecule has 2 heterocycles. The van der Waals surface area contributed by atoms with Gasteiger partial charge in [0.25, 0.3) is 0 Å². The molecule has 4 rings (SSSR count). The van der Waals surface area contributed by atoms with Gasteiger partial charge in [0.2, 0.25) is 12.7 Å². The maximum Gasteiger partial charge on any atom is 0.231 e. The number of nitrogens with zero attached hydrogens (tertiary/aromatic N) is 3. The van der Waals surface area contributed by atoms with Crippen LogP contribution >= 0.6 is 0 Å². The summed E-state index contributed by atoms with van der Waals surface area (Å²) in [5, 5.41) is 0. The lowest BCUT2D eigenvalue weighted by atomic mass is 10.2. The van der Waals surface area contributed by atoms with Gasteiger partial charge in [-0.3, -0.25) is 0 Å². The third-order valence-corrected chi connectivity index (χ3v) is 3.49. The molecule has 2 aromatic carbocycles. The van der Waals surface area contributed by atoms with Gasteiger partial charge >= 0.3 is 0 Å². The Hall–Kier alpha value is -2.82. The third kappa shape index (κ3) is 2.03. The highest BCUT2D eigenvalue weighted by atomic mass is 16.7. The van der Waals surface area contributed by atoms with E-state index in [1.807, 2.05) is 54.1 Å². The molecule has 1 aliphatic heterocycles. The Labute approximate surface area is 121 Å². The summed E-state index contributed by atoms with van der Waals surface area (Å²) in [6, 6.07) is 13.7. The van der Waals surface area contributed by atoms with Gasteiger partial charge in [0, 0.05) is 13.3 Å². The van der Waals surface area contributed by atoms with Gasteiger partial charge in [-0.1, -0.05) is 12.1 Å². The second kappa shape index (κ2) is 4.63. The molecule has 104 valence electrons. The molecule has 0 atom stereocenters. The number of rotatable bonds is 2. The minimum Gasteiger partial charge on any atom is -0.454 e. The van der Waals surface area contributed by atoms with Crippen LogP contribution in [0.3, 0.4) is 0 Å². The number of hydrogen-bond acceptors (Lipinski definition) is 4. The number of imidazole rings is 1. The quantitative estimate of drug-likeness (QED) is 0.677. The smallest absolute Gasteiger partial charge is 0.231 e. The topological polar surface area (TPSA) is 48.6 Å². The molecule has 0 saturated heterocycles. The van der Waals surface area contributed by atoms with Gasteiger partial charge in [0.1, 0.15) is 0 Å². The minimum absolute atomic E-state index is 0.278. The SMILES string of the molecule is Cn1c(/N=C/c2ccc3c(c2)OCO3)nc2ccccc21. The monoisotopic (exact) mass is 279 g/mol. The lowest BCUT2D eigenvalue weighted by molar-refractivity contribution is 0.174. The Morgan fingerprint density at radius 2 is 2.00 bits per heavy atom. The molecule has 0 spiro atoms. The molecule has 5 heteroatoms. The molecular weight excluding hydrogens is 266 g/mol. The van der Waals surface area contributed by atoms with Crippen LogP contribution in [-0.2, 0) is 7.05 Å². The van der Waals surface area contributed by atoms with Crippen molar-refractivity contribution in [3.8, 4) is 11.5 Å². The number of aromatic nitrogens is 2. The summed E-state index contributed by atoms with van der Waals surface area (Å²) in [5.74, 6) is 2.20. The van der Waals surface area contributed by atoms with Crippen LogP contribution in [0.25, 0.3) is 11.0 Å². The second-order valence-corrected chi connectivity index (χ2v) is 4.83. The fourth-order valence-electron chi connectivity index (χ4n) is 2.37. The molecule has 0 unspecified atom stereocenters. The van der Waals surface area contributed by atoms with Crippen LogP contribution in [0.2, 0.25) is 0 Å². The first-order valence-corrected chi connectivity index (χ1v) is 6.66. The van der Waals surface area contributed by atoms with Gasteiger partial charge in [-0.25, -0.2) is 9.98 Å². The maximum atomic E-state index is 5.36. The summed E-state index contributed by atoms with van der Waals surface area (Å²) >= 11 is 0. The van der Waals surface area contributed by atoms with E-state index < -0.39 is 0 Å². The zero-order valence-electron chi connectivity index (χ0n) is 11.5. The number of hydrogen-bond donors (Lipinski definition) is 0. The molecule has 0 amide bonds. The molecule has 0 radical (unpaired) electrons. The van der Waals surface area contributed by atoms with E-state index in [9.17, 15) is 0 Å². The van der Waals surface area contributed by atoms with Gasteiger partial charge < -0.3 is 14.0 Å². The number of aliphatic imine (C=N–C) groups is 1. The number of aryl methyl sites for hydroxylation is 1. The summed E-state index contributed by atoms with van der Waals surface area (Å²) in [5.41, 5.74) is 2.96. The van der Waals surface area contributed by atoms with Crippen LogP contribution in [0.15, 0.2) is 47.5 Å². The van der Waals surface area contributed by atoms with Crippen LogP contribution in [-0.4, -0.2) is 22.6 Å². The summed E-state index contributed by atoms with van der Waals surface area (Å²) in [7, 11) is 1.96. The van der Waals surface area contributed by atoms with E-state index in [1.54, 1.807) is 6.21 Å². The van der Waals surface area contributed by atoms with Gasteiger partial charge in [0.05, 0.1) is 11.0 Å². The Bertz CT molecular complexity index is 852. The predicted molar refractivity (Wildman–Crippen MR) is 80.5 cm³/mol. The standard InChI is InChI=1S/C16H13N3O2/c1-19-13-5-3-2-4-12(13)18-16(19)17-9-11-6-7-14-15(8-11)21-10-20-14/h2-9H,10H2,1H3/b17-9+. The summed E-state index contributed by atoms with van der Waals surface area (Å²) in [6.07, 6.45) is 1.78. The number of para-hydroxylation sites is 2. The van der Waals surface area contributed by atoms with Gasteiger partial charge in [0.15, 0.2) is 11.5 Å². The number of benzene rings is 2. The Kier molecular flexibility index (Phi) is 2.64. The molecule has 1 aromatic heterocycles. The largest absolute Gasteiger partial charge is 0.454 e. The summed E-state index contributed by atoms with van der Waals surface area (Å²) in [6.45, 7) is 0.278. The molecular formula is C16H13N3O2. The van der Waals surface area contributed by atoms with E-state index >= 15 is 0 Å². The first-order valence-electron chi connectivity index (χ1n) is 6.66. The molecule has 5 nitrogen and oxygen atoms in total. The van der Waals surface area contributed by atoms with Crippen LogP contribution in [0.4, 0.5) is 5.95 Å². The third-order valence-electron chi connectivity index (χ3n) is 3.49. The van der Waals surface area contributed by atoms with E-state index in [-0.39, 0.29) is 6.79 Å². The Morgan fingerprint density at radius 3 is 2.90 bits per heavy atom. The highest BCUT2D eigenvalue weighted by Crippen LogP contribution is 2.32. The van der Waals surface area contributed by atoms with E-state index in [2.05, 4.69) is 9.98 Å². The zero-order valence-corrected chi connectivity index (χ0v) is 11.5. The molecule has 1 aliphatic rings. The predicted octanol–water partition coefficient (Wildman–Crippen LogP) is 3.05. The molecule has 0 N–H and O–H groups in total. The first-order chi connectivity index (χ1) is 10.3. The van der Waals surface area contributed by atoms with Crippen molar-refractivity contribution in [3.05, 3.63) is 48.0 Å². The molecule has 21 heavy (non-hydrogen) atoms. The molecule has 3 aromatic rings. The summed E-state index contributed by atoms with van der Waals surface area (Å²) < 4.78 is 12.6. The normalized spacial score (nSPS) is 13.4.